The Morgan fingerprint density at radius 1 is 0.328 bits per heavy atom. The lowest BCUT2D eigenvalue weighted by Crippen LogP contribution is -2.41. The molecule has 9 aromatic carbocycles. The number of likely N-dealkylation sites (N-methyl/N-ethyl adjacent to an activating group) is 4. The van der Waals surface area contributed by atoms with Gasteiger partial charge in [0.1, 0.15) is 103 Å². The Morgan fingerprint density at radius 2 is 0.580 bits per heavy atom. The molecule has 10 rings (SSSR count). The van der Waals surface area contributed by atoms with Gasteiger partial charge >= 0.3 is 41.8 Å². The number of hydrogen-bond donors (Lipinski definition) is 5. The molecular weight excluding hydrogens is 1670 g/mol. The van der Waals surface area contributed by atoms with Gasteiger partial charge in [-0.25, -0.2) is 28.8 Å². The van der Waals surface area contributed by atoms with Gasteiger partial charge in [-0.05, 0) is 243 Å². The third-order valence-corrected chi connectivity index (χ3v) is 19.8. The van der Waals surface area contributed by atoms with E-state index in [0.29, 0.717) is 32.6 Å². The first-order valence-corrected chi connectivity index (χ1v) is 42.8. The summed E-state index contributed by atoms with van der Waals surface area (Å²) >= 11 is 0. The molecule has 0 bridgehead atoms. The van der Waals surface area contributed by atoms with Crippen LogP contribution in [-0.4, -0.2) is 250 Å². The van der Waals surface area contributed by atoms with Gasteiger partial charge in [-0.1, -0.05) is 140 Å². The van der Waals surface area contributed by atoms with Crippen molar-refractivity contribution >= 4 is 52.7 Å². The van der Waals surface area contributed by atoms with Crippen LogP contribution in [0.5, 0.6) is 46.0 Å². The molecule has 0 aliphatic carbocycles. The summed E-state index contributed by atoms with van der Waals surface area (Å²) in [5, 5.41) is 27.0. The molecule has 0 saturated carbocycles. The van der Waals surface area contributed by atoms with Crippen LogP contribution in [0.1, 0.15) is 50.2 Å². The number of nitrogens with zero attached hydrogens (tertiary/aromatic N) is 4. The number of methoxy groups -OCH3 is 4. The smallest absolute Gasteiger partial charge is 0.331 e. The first-order chi connectivity index (χ1) is 63.0. The minimum absolute atomic E-state index is 0.157. The zero-order valence-corrected chi connectivity index (χ0v) is 76.7. The van der Waals surface area contributed by atoms with E-state index in [2.05, 4.69) is 23.2 Å². The molecule has 0 aliphatic heterocycles. The van der Waals surface area contributed by atoms with Crippen LogP contribution >= 0.6 is 0 Å². The van der Waals surface area contributed by atoms with E-state index in [0.717, 1.165) is 173 Å². The predicted octanol–water partition coefficient (Wildman–Crippen LogP) is 13.3. The number of aliphatic carboxylic acids is 3. The number of nitrogens with two attached hydrogens (primary N) is 1. The molecule has 0 amide bonds. The highest BCUT2D eigenvalue weighted by Crippen LogP contribution is 2.28. The average molecular weight is 1800 g/mol. The molecular formula is C103H124N6O22. The summed E-state index contributed by atoms with van der Waals surface area (Å²) in [6.07, 6.45) is 9.86. The molecule has 1 heterocycles. The first-order valence-electron chi connectivity index (χ1n) is 42.8. The van der Waals surface area contributed by atoms with E-state index >= 15 is 0 Å². The number of aryl methyl sites for hydroxylation is 8. The van der Waals surface area contributed by atoms with Crippen LogP contribution in [0.3, 0.4) is 0 Å². The van der Waals surface area contributed by atoms with Crippen molar-refractivity contribution in [1.29, 1.82) is 0 Å². The number of fused-ring (bicyclic) bond motifs is 1. The van der Waals surface area contributed by atoms with Crippen LogP contribution in [0.15, 0.2) is 261 Å². The van der Waals surface area contributed by atoms with Crippen LogP contribution in [0.25, 0.3) is 10.9 Å². The fourth-order valence-electron chi connectivity index (χ4n) is 13.4. The Bertz CT molecular complexity index is 4840. The second-order valence-electron chi connectivity index (χ2n) is 31.6. The maximum atomic E-state index is 12.9. The third-order valence-electron chi connectivity index (χ3n) is 19.8. The van der Waals surface area contributed by atoms with Crippen LogP contribution in [-0.2, 0) is 110 Å². The van der Waals surface area contributed by atoms with Crippen molar-refractivity contribution in [1.82, 2.24) is 24.6 Å². The molecule has 1 unspecified atom stereocenters. The maximum absolute atomic E-state index is 12.9. The predicted molar refractivity (Wildman–Crippen MR) is 503 cm³/mol. The Hall–Kier alpha value is -13.8. The van der Waals surface area contributed by atoms with Crippen molar-refractivity contribution < 1.29 is 106 Å². The SMILES string of the molecule is COc1ccc(CCc2ccccc2OCC(CN(C)C)OC(=O)/C=C/C(=O)O)cc1.COc1ccc(CCc2ccccc2OC[C@@H](CN(C)C)OC(=O)/C=C/C(=O)O)cc1.COc1ccc(CCc2ccccc2OC[C@H](CN(C)C)OC(=O)/C=C/C(=O)O)cc1.COc1ccc(CCc2ccccc2OC[C@H](CN(C)C)OC(=O)[C@H](N)Cc2cc3ccccc3[nH]2)cc1. The lowest BCUT2D eigenvalue weighted by Gasteiger charge is -2.24. The molecule has 28 heteroatoms. The summed E-state index contributed by atoms with van der Waals surface area (Å²) in [6, 6.07) is 72.5. The van der Waals surface area contributed by atoms with Crippen molar-refractivity contribution in [3.05, 3.63) is 311 Å². The molecule has 0 saturated heterocycles. The normalized spacial score (nSPS) is 12.3. The topological polar surface area (TPSA) is 346 Å². The van der Waals surface area contributed by atoms with E-state index in [1.54, 1.807) is 28.4 Å². The monoisotopic (exact) mass is 1800 g/mol. The first kappa shape index (κ1) is 104. The number of aromatic amines is 1. The summed E-state index contributed by atoms with van der Waals surface area (Å²) in [7, 11) is 21.6. The Morgan fingerprint density at radius 3 is 0.832 bits per heavy atom. The van der Waals surface area contributed by atoms with Gasteiger partial charge in [-0.3, -0.25) is 4.79 Å². The molecule has 0 fully saturated rings. The fourth-order valence-corrected chi connectivity index (χ4v) is 13.4. The second kappa shape index (κ2) is 57.2. The minimum Gasteiger partial charge on any atom is -0.497 e. The van der Waals surface area contributed by atoms with Gasteiger partial charge in [0.2, 0.25) is 0 Å². The number of H-pyrrole nitrogens is 1. The molecule has 10 aromatic rings. The summed E-state index contributed by atoms with van der Waals surface area (Å²) in [4.78, 5) is 91.1. The molecule has 698 valence electrons. The number of para-hydroxylation sites is 5. The number of benzene rings is 9. The number of carbonyl (C=O) groups excluding carboxylic acids is 4. The largest absolute Gasteiger partial charge is 0.497 e. The highest BCUT2D eigenvalue weighted by atomic mass is 16.6. The van der Waals surface area contributed by atoms with Crippen LogP contribution < -0.4 is 43.6 Å². The number of carboxylic acid groups (broad SMARTS) is 3. The van der Waals surface area contributed by atoms with Crippen LogP contribution in [0.4, 0.5) is 0 Å². The Kier molecular flexibility index (Phi) is 45.6. The number of carbonyl (C=O) groups is 7. The van der Waals surface area contributed by atoms with E-state index in [9.17, 15) is 33.6 Å². The second-order valence-corrected chi connectivity index (χ2v) is 31.6. The minimum atomic E-state index is -1.21. The van der Waals surface area contributed by atoms with Crippen LogP contribution in [0.2, 0.25) is 0 Å². The van der Waals surface area contributed by atoms with Gasteiger partial charge in [-0.2, -0.15) is 0 Å². The van der Waals surface area contributed by atoms with Crippen molar-refractivity contribution in [2.75, 3.05) is 137 Å². The summed E-state index contributed by atoms with van der Waals surface area (Å²) in [6.45, 7) is 2.57. The zero-order chi connectivity index (χ0) is 94.8. The Balaban J connectivity index is 0.000000240. The quantitative estimate of drug-likeness (QED) is 0.0134. The van der Waals surface area contributed by atoms with Crippen molar-refractivity contribution in [3.63, 3.8) is 0 Å². The molecule has 6 N–H and O–H groups in total. The van der Waals surface area contributed by atoms with E-state index in [1.807, 2.05) is 282 Å². The number of aromatic nitrogens is 1. The number of esters is 4. The van der Waals surface area contributed by atoms with Crippen LogP contribution in [0, 0.1) is 0 Å². The van der Waals surface area contributed by atoms with Gasteiger partial charge in [0.25, 0.3) is 0 Å². The molecule has 0 spiro atoms. The fraction of sp³-hybridized carbons (Fsp3) is 0.330. The molecule has 28 nitrogen and oxygen atoms in total. The van der Waals surface area contributed by atoms with E-state index in [-0.39, 0.29) is 26.4 Å². The summed E-state index contributed by atoms with van der Waals surface area (Å²) in [5.74, 6) is 0.114. The van der Waals surface area contributed by atoms with Gasteiger partial charge in [0.05, 0.1) is 28.4 Å². The lowest BCUT2D eigenvalue weighted by atomic mass is 10.0. The van der Waals surface area contributed by atoms with Gasteiger partial charge in [0, 0.05) is 80.3 Å². The summed E-state index contributed by atoms with van der Waals surface area (Å²) < 4.78 is 66.9. The van der Waals surface area contributed by atoms with E-state index < -0.39 is 72.2 Å². The van der Waals surface area contributed by atoms with Gasteiger partial charge in [0.15, 0.2) is 0 Å². The van der Waals surface area contributed by atoms with Crippen molar-refractivity contribution in [2.45, 2.75) is 88.2 Å². The number of ether oxygens (including phenoxy) is 12. The molecule has 5 atom stereocenters. The third kappa shape index (κ3) is 41.0. The zero-order valence-electron chi connectivity index (χ0n) is 76.7. The van der Waals surface area contributed by atoms with Gasteiger partial charge < -0.3 is 102 Å². The van der Waals surface area contributed by atoms with E-state index in [1.165, 1.54) is 22.3 Å². The van der Waals surface area contributed by atoms with Crippen molar-refractivity contribution in [3.8, 4) is 46.0 Å². The number of hydrogen-bond acceptors (Lipinski definition) is 24. The Labute approximate surface area is 767 Å². The van der Waals surface area contributed by atoms with Gasteiger partial charge in [-0.15, -0.1) is 0 Å². The maximum Gasteiger partial charge on any atom is 0.331 e. The highest BCUT2D eigenvalue weighted by Gasteiger charge is 2.25. The molecule has 1 aromatic heterocycles. The van der Waals surface area contributed by atoms with E-state index in [4.69, 9.17) is 77.9 Å². The number of nitrogens with one attached hydrogen (secondary N) is 1. The molecule has 131 heavy (non-hydrogen) atoms. The molecule has 0 radical (unpaired) electrons. The summed E-state index contributed by atoms with van der Waals surface area (Å²) in [5.41, 5.74) is 17.2. The lowest BCUT2D eigenvalue weighted by molar-refractivity contribution is -0.153. The average Bonchev–Trinajstić information content (AvgIpc) is 1.69. The number of rotatable bonds is 49. The highest BCUT2D eigenvalue weighted by molar-refractivity contribution is 5.92. The van der Waals surface area contributed by atoms with Crippen molar-refractivity contribution in [2.24, 2.45) is 5.73 Å². The standard InChI is InChI=1S/C31H37N3O4.3C24H29NO6/c1-34(2)20-27(38-31(35)28(32)19-25-18-24-9-4-6-10-29(24)33-25)21-37-30-11-7-5-8-23(30)15-12-22-13-16-26(36-3)17-14-22;3*1-25(2)16-21(31-24(28)15-14-23(26)27)17-30-22-7-5-4-6-19(22)11-8-18-9-12-20(29-3)13-10-18/h4-11,13-14,16-18,27-28,33H,12,15,19-21,32H2,1-3H3;3*4-7,9-10,12-15,21H,8,11,16-17H2,1-3H3,(H,26,27)/b;3*15-14+/t27-,28+;2*21-;/m010./s1. The number of carboxylic acids is 3. The molecule has 0 aliphatic rings.